The first-order chi connectivity index (χ1) is 10.6. The van der Waals surface area contributed by atoms with Gasteiger partial charge in [0.05, 0.1) is 0 Å². The number of hydrogen-bond donors (Lipinski definition) is 0. The van der Waals surface area contributed by atoms with Crippen LogP contribution in [-0.2, 0) is 38.1 Å². The average Bonchev–Trinajstić information content (AvgIpc) is 2.45. The summed E-state index contributed by atoms with van der Waals surface area (Å²) in [5.41, 5.74) is 0. The second kappa shape index (κ2) is 5.82. The molecule has 2 aliphatic heterocycles. The van der Waals surface area contributed by atoms with Gasteiger partial charge in [-0.2, -0.15) is 0 Å². The summed E-state index contributed by atoms with van der Waals surface area (Å²) < 4.78 is 20.4. The largest absolute Gasteiger partial charge is 0.422 e. The number of carbonyl (C=O) groups excluding carboxylic acids is 4. The van der Waals surface area contributed by atoms with E-state index in [-0.39, 0.29) is 0 Å². The maximum absolute atomic E-state index is 12.0. The Morgan fingerprint density at radius 1 is 0.696 bits per heavy atom. The van der Waals surface area contributed by atoms with Crippen LogP contribution in [0.1, 0.15) is 47.0 Å². The lowest BCUT2D eigenvalue weighted by atomic mass is 9.92. The van der Waals surface area contributed by atoms with Crippen molar-refractivity contribution >= 4 is 23.9 Å². The van der Waals surface area contributed by atoms with E-state index in [0.717, 1.165) is 0 Å². The van der Waals surface area contributed by atoms with Crippen molar-refractivity contribution in [2.75, 3.05) is 0 Å². The number of hydrogen-bond acceptors (Lipinski definition) is 8. The van der Waals surface area contributed by atoms with Crippen LogP contribution in [-0.4, -0.2) is 35.5 Å². The normalized spacial score (nSPS) is 37.6. The minimum absolute atomic E-state index is 0.291. The molecule has 2 aliphatic rings. The van der Waals surface area contributed by atoms with Gasteiger partial charge in [-0.15, -0.1) is 0 Å². The summed E-state index contributed by atoms with van der Waals surface area (Å²) in [6.45, 7) is 6.33. The van der Waals surface area contributed by atoms with Gasteiger partial charge in [-0.05, 0) is 6.42 Å². The molecule has 0 radical (unpaired) electrons. The zero-order chi connectivity index (χ0) is 17.4. The van der Waals surface area contributed by atoms with Gasteiger partial charge in [0.1, 0.15) is 0 Å². The van der Waals surface area contributed by atoms with Crippen LogP contribution in [0, 0.1) is 11.8 Å². The lowest BCUT2D eigenvalue weighted by molar-refractivity contribution is -0.252. The zero-order valence-electron chi connectivity index (χ0n) is 13.5. The quantitative estimate of drug-likeness (QED) is 0.557. The Kier molecular flexibility index (Phi) is 4.37. The third-order valence-electron chi connectivity index (χ3n) is 4.16. The first kappa shape index (κ1) is 17.2. The molecule has 2 fully saturated rings. The van der Waals surface area contributed by atoms with E-state index in [2.05, 4.69) is 0 Å². The lowest BCUT2D eigenvalue weighted by Crippen LogP contribution is -2.52. The molecule has 0 aromatic heterocycles. The van der Waals surface area contributed by atoms with E-state index in [0.29, 0.717) is 12.8 Å². The van der Waals surface area contributed by atoms with Crippen molar-refractivity contribution in [2.45, 2.75) is 58.5 Å². The molecule has 0 amide bonds. The van der Waals surface area contributed by atoms with Gasteiger partial charge in [0.25, 0.3) is 11.6 Å². The monoisotopic (exact) mass is 328 g/mol. The summed E-state index contributed by atoms with van der Waals surface area (Å²) in [4.78, 5) is 48.1. The Bertz CT molecular complexity index is 468. The second-order valence-electron chi connectivity index (χ2n) is 6.00. The molecule has 8 nitrogen and oxygen atoms in total. The summed E-state index contributed by atoms with van der Waals surface area (Å²) in [6, 6.07) is 0. The molecule has 0 aromatic carbocycles. The third kappa shape index (κ3) is 3.30. The third-order valence-corrected chi connectivity index (χ3v) is 4.16. The van der Waals surface area contributed by atoms with Crippen LogP contribution in [0.3, 0.4) is 0 Å². The first-order valence-corrected chi connectivity index (χ1v) is 7.54. The maximum Gasteiger partial charge on any atom is 0.323 e. The standard InChI is InChI=1S/C15H20O8/c1-5-14(3)20-10(16)8(11(17)21-14)7-9-12(18)22-15(4,6-2)23-13(9)19/h8-9H,5-7H2,1-4H3. The van der Waals surface area contributed by atoms with Gasteiger partial charge in [0, 0.05) is 26.7 Å². The van der Waals surface area contributed by atoms with E-state index in [1.165, 1.54) is 13.8 Å². The molecule has 0 aromatic rings. The van der Waals surface area contributed by atoms with Crippen molar-refractivity contribution in [1.29, 1.82) is 0 Å². The highest BCUT2D eigenvalue weighted by Crippen LogP contribution is 2.33. The van der Waals surface area contributed by atoms with Crippen LogP contribution in [0.5, 0.6) is 0 Å². The van der Waals surface area contributed by atoms with E-state index in [1.807, 2.05) is 0 Å². The summed E-state index contributed by atoms with van der Waals surface area (Å²) in [6.07, 6.45) is 0.189. The zero-order valence-corrected chi connectivity index (χ0v) is 13.5. The molecule has 0 bridgehead atoms. The summed E-state index contributed by atoms with van der Waals surface area (Å²) in [5, 5.41) is 0. The molecule has 2 rings (SSSR count). The number of carbonyl (C=O) groups is 4. The SMILES string of the molecule is CCC1(C)OC(=O)C(CC2C(=O)OC(C)(CC)OC2=O)C(=O)O1. The highest BCUT2D eigenvalue weighted by molar-refractivity contribution is 6.01. The minimum atomic E-state index is -1.36. The Labute approximate surface area is 133 Å². The van der Waals surface area contributed by atoms with Crippen molar-refractivity contribution in [3.8, 4) is 0 Å². The van der Waals surface area contributed by atoms with Crippen molar-refractivity contribution < 1.29 is 38.1 Å². The van der Waals surface area contributed by atoms with E-state index in [9.17, 15) is 19.2 Å². The fourth-order valence-corrected chi connectivity index (χ4v) is 2.28. The molecule has 128 valence electrons. The molecular formula is C15H20O8. The molecule has 0 atom stereocenters. The highest BCUT2D eigenvalue weighted by atomic mass is 16.8. The molecule has 8 heteroatoms. The molecular weight excluding hydrogens is 308 g/mol. The molecule has 2 heterocycles. The van der Waals surface area contributed by atoms with Gasteiger partial charge in [-0.25, -0.2) is 0 Å². The maximum atomic E-state index is 12.0. The summed E-state index contributed by atoms with van der Waals surface area (Å²) >= 11 is 0. The molecule has 0 unspecified atom stereocenters. The number of esters is 4. The van der Waals surface area contributed by atoms with E-state index in [4.69, 9.17) is 18.9 Å². The van der Waals surface area contributed by atoms with Crippen molar-refractivity contribution in [2.24, 2.45) is 11.8 Å². The summed E-state index contributed by atoms with van der Waals surface area (Å²) in [5.74, 6) is -8.65. The van der Waals surface area contributed by atoms with E-state index in [1.54, 1.807) is 13.8 Å². The van der Waals surface area contributed by atoms with Gasteiger partial charge in [0.15, 0.2) is 11.8 Å². The second-order valence-corrected chi connectivity index (χ2v) is 6.00. The predicted molar refractivity (Wildman–Crippen MR) is 73.4 cm³/mol. The Hall–Kier alpha value is -2.12. The van der Waals surface area contributed by atoms with E-state index < -0.39 is 53.7 Å². The molecule has 0 saturated carbocycles. The summed E-state index contributed by atoms with van der Waals surface area (Å²) in [7, 11) is 0. The smallest absolute Gasteiger partial charge is 0.323 e. The van der Waals surface area contributed by atoms with Crippen molar-refractivity contribution in [3.63, 3.8) is 0 Å². The predicted octanol–water partition coefficient (Wildman–Crippen LogP) is 1.06. The fraction of sp³-hybridized carbons (Fsp3) is 0.733. The van der Waals surface area contributed by atoms with Crippen molar-refractivity contribution in [3.05, 3.63) is 0 Å². The number of ether oxygens (including phenoxy) is 4. The van der Waals surface area contributed by atoms with Crippen LogP contribution >= 0.6 is 0 Å². The molecule has 0 aliphatic carbocycles. The van der Waals surface area contributed by atoms with Crippen LogP contribution in [0.4, 0.5) is 0 Å². The van der Waals surface area contributed by atoms with Crippen LogP contribution < -0.4 is 0 Å². The lowest BCUT2D eigenvalue weighted by Gasteiger charge is -2.37. The Morgan fingerprint density at radius 3 is 1.17 bits per heavy atom. The Balaban J connectivity index is 2.11. The van der Waals surface area contributed by atoms with Crippen LogP contribution in [0.25, 0.3) is 0 Å². The average molecular weight is 328 g/mol. The van der Waals surface area contributed by atoms with Gasteiger partial charge in [0.2, 0.25) is 0 Å². The molecule has 23 heavy (non-hydrogen) atoms. The van der Waals surface area contributed by atoms with Gasteiger partial charge >= 0.3 is 23.9 Å². The van der Waals surface area contributed by atoms with Gasteiger partial charge in [-0.1, -0.05) is 13.8 Å². The topological polar surface area (TPSA) is 105 Å². The van der Waals surface area contributed by atoms with Gasteiger partial charge in [-0.3, -0.25) is 19.2 Å². The fourth-order valence-electron chi connectivity index (χ4n) is 2.28. The van der Waals surface area contributed by atoms with Crippen LogP contribution in [0.2, 0.25) is 0 Å². The van der Waals surface area contributed by atoms with Crippen molar-refractivity contribution in [1.82, 2.24) is 0 Å². The molecule has 0 N–H and O–H groups in total. The van der Waals surface area contributed by atoms with Crippen LogP contribution in [0.15, 0.2) is 0 Å². The molecule has 0 spiro atoms. The number of rotatable bonds is 4. The molecule has 2 saturated heterocycles. The first-order valence-electron chi connectivity index (χ1n) is 7.54. The minimum Gasteiger partial charge on any atom is -0.422 e. The number of cyclic esters (lactones) is 4. The highest BCUT2D eigenvalue weighted by Gasteiger charge is 2.51. The van der Waals surface area contributed by atoms with Gasteiger partial charge < -0.3 is 18.9 Å². The Morgan fingerprint density at radius 2 is 0.957 bits per heavy atom. The van der Waals surface area contributed by atoms with E-state index >= 15 is 0 Å².